The Morgan fingerprint density at radius 2 is 1.92 bits per heavy atom. The number of likely N-dealkylation sites (tertiary alicyclic amines) is 1. The molecule has 1 aromatic heterocycles. The van der Waals surface area contributed by atoms with Gasteiger partial charge >= 0.3 is 0 Å². The van der Waals surface area contributed by atoms with Gasteiger partial charge in [-0.3, -0.25) is 9.48 Å². The fraction of sp³-hybridized carbons (Fsp3) is 0.474. The molecule has 1 unspecified atom stereocenters. The number of aromatic nitrogens is 2. The van der Waals surface area contributed by atoms with E-state index in [1.54, 1.807) is 0 Å². The minimum atomic E-state index is -0.194. The molecule has 2 heterocycles. The van der Waals surface area contributed by atoms with Crippen LogP contribution in [0.25, 0.3) is 0 Å². The van der Waals surface area contributed by atoms with Gasteiger partial charge in [0.2, 0.25) is 5.91 Å². The highest BCUT2D eigenvalue weighted by Gasteiger charge is 2.36. The molecule has 3 rings (SSSR count). The molecule has 5 nitrogen and oxygen atoms in total. The minimum absolute atomic E-state index is 0.0142. The Kier molecular flexibility index (Phi) is 4.45. The summed E-state index contributed by atoms with van der Waals surface area (Å²) in [5, 5.41) is 4.44. The van der Waals surface area contributed by atoms with Gasteiger partial charge in [-0.2, -0.15) is 5.10 Å². The molecule has 3 atom stereocenters. The van der Waals surface area contributed by atoms with Gasteiger partial charge in [-0.1, -0.05) is 30.3 Å². The summed E-state index contributed by atoms with van der Waals surface area (Å²) >= 11 is 0. The van der Waals surface area contributed by atoms with Gasteiger partial charge in [0, 0.05) is 43.4 Å². The van der Waals surface area contributed by atoms with E-state index in [9.17, 15) is 4.79 Å². The third kappa shape index (κ3) is 2.84. The van der Waals surface area contributed by atoms with Crippen LogP contribution in [0, 0.1) is 13.8 Å². The van der Waals surface area contributed by atoms with Crippen LogP contribution < -0.4 is 5.73 Å². The van der Waals surface area contributed by atoms with Crippen LogP contribution in [0.2, 0.25) is 0 Å². The molecule has 1 aliphatic rings. The molecule has 0 spiro atoms. The number of nitrogens with two attached hydrogens (primary N) is 1. The smallest absolute Gasteiger partial charge is 0.230 e. The van der Waals surface area contributed by atoms with Gasteiger partial charge in [-0.05, 0) is 26.3 Å². The lowest BCUT2D eigenvalue weighted by Crippen LogP contribution is -2.35. The van der Waals surface area contributed by atoms with E-state index in [1.807, 2.05) is 55.6 Å². The normalized spacial score (nSPS) is 22.0. The third-order valence-corrected chi connectivity index (χ3v) is 5.27. The summed E-state index contributed by atoms with van der Waals surface area (Å²) in [7, 11) is 1.92. The summed E-state index contributed by atoms with van der Waals surface area (Å²) < 4.78 is 1.84. The van der Waals surface area contributed by atoms with Crippen LogP contribution >= 0.6 is 0 Å². The highest BCUT2D eigenvalue weighted by Crippen LogP contribution is 2.30. The van der Waals surface area contributed by atoms with E-state index in [1.165, 1.54) is 5.56 Å². The number of aryl methyl sites for hydroxylation is 2. The zero-order valence-electron chi connectivity index (χ0n) is 14.9. The average Bonchev–Trinajstić information content (AvgIpc) is 3.07. The predicted molar refractivity (Wildman–Crippen MR) is 94.8 cm³/mol. The van der Waals surface area contributed by atoms with Crippen LogP contribution in [0.3, 0.4) is 0 Å². The minimum Gasteiger partial charge on any atom is -0.340 e. The first-order chi connectivity index (χ1) is 11.4. The number of hydrogen-bond acceptors (Lipinski definition) is 3. The third-order valence-electron chi connectivity index (χ3n) is 5.27. The molecular weight excluding hydrogens is 300 g/mol. The maximum Gasteiger partial charge on any atom is 0.230 e. The maximum absolute atomic E-state index is 13.0. The fourth-order valence-corrected chi connectivity index (χ4v) is 3.88. The number of benzene rings is 1. The quantitative estimate of drug-likeness (QED) is 0.939. The van der Waals surface area contributed by atoms with Gasteiger partial charge in [-0.25, -0.2) is 0 Å². The largest absolute Gasteiger partial charge is 0.340 e. The second kappa shape index (κ2) is 6.40. The van der Waals surface area contributed by atoms with Crippen LogP contribution in [0.4, 0.5) is 0 Å². The standard InChI is InChI=1S/C19H26N4O/c1-12(18-13(2)21-22(4)14(18)3)19(24)23-10-16(17(20)11-23)15-8-6-5-7-9-15/h5-9,12,16-17H,10-11,20H2,1-4H3/t12?,16-,17+/m0/s1. The Morgan fingerprint density at radius 3 is 2.50 bits per heavy atom. The number of carbonyl (C=O) groups is 1. The van der Waals surface area contributed by atoms with Gasteiger partial charge < -0.3 is 10.6 Å². The first-order valence-corrected chi connectivity index (χ1v) is 8.49. The topological polar surface area (TPSA) is 64.2 Å². The predicted octanol–water partition coefficient (Wildman–Crippen LogP) is 2.09. The number of amides is 1. The van der Waals surface area contributed by atoms with Crippen molar-refractivity contribution in [3.63, 3.8) is 0 Å². The van der Waals surface area contributed by atoms with Crippen molar-refractivity contribution in [3.8, 4) is 0 Å². The van der Waals surface area contributed by atoms with Gasteiger partial charge in [-0.15, -0.1) is 0 Å². The Morgan fingerprint density at radius 1 is 1.25 bits per heavy atom. The van der Waals surface area contributed by atoms with Crippen LogP contribution in [-0.2, 0) is 11.8 Å². The molecule has 1 aliphatic heterocycles. The van der Waals surface area contributed by atoms with Crippen molar-refractivity contribution in [3.05, 3.63) is 52.8 Å². The average molecular weight is 326 g/mol. The van der Waals surface area contributed by atoms with Crippen LogP contribution in [0.1, 0.15) is 41.3 Å². The lowest BCUT2D eigenvalue weighted by Gasteiger charge is -2.21. The number of hydrogen-bond donors (Lipinski definition) is 1. The molecule has 5 heteroatoms. The zero-order valence-corrected chi connectivity index (χ0v) is 14.9. The Balaban J connectivity index is 1.79. The molecule has 2 N–H and O–H groups in total. The summed E-state index contributed by atoms with van der Waals surface area (Å²) in [6.07, 6.45) is 0. The molecule has 1 amide bonds. The highest BCUT2D eigenvalue weighted by molar-refractivity contribution is 5.84. The molecule has 128 valence electrons. The van der Waals surface area contributed by atoms with E-state index in [2.05, 4.69) is 17.2 Å². The van der Waals surface area contributed by atoms with Crippen molar-refractivity contribution in [2.24, 2.45) is 12.8 Å². The SMILES string of the molecule is Cc1nn(C)c(C)c1C(C)C(=O)N1C[C@@H](N)[C@H](c2ccccc2)C1. The van der Waals surface area contributed by atoms with Crippen molar-refractivity contribution in [2.75, 3.05) is 13.1 Å². The van der Waals surface area contributed by atoms with E-state index >= 15 is 0 Å². The zero-order chi connectivity index (χ0) is 17.4. The molecular formula is C19H26N4O. The van der Waals surface area contributed by atoms with Gasteiger partial charge in [0.1, 0.15) is 0 Å². The summed E-state index contributed by atoms with van der Waals surface area (Å²) in [5.74, 6) is 0.155. The number of rotatable bonds is 3. The van der Waals surface area contributed by atoms with Crippen LogP contribution in [0.15, 0.2) is 30.3 Å². The van der Waals surface area contributed by atoms with E-state index in [-0.39, 0.29) is 23.8 Å². The molecule has 24 heavy (non-hydrogen) atoms. The lowest BCUT2D eigenvalue weighted by atomic mass is 9.95. The van der Waals surface area contributed by atoms with Crippen molar-refractivity contribution in [2.45, 2.75) is 38.6 Å². The number of carbonyl (C=O) groups excluding carboxylic acids is 1. The summed E-state index contributed by atoms with van der Waals surface area (Å²) in [4.78, 5) is 14.9. The Bertz CT molecular complexity index is 737. The van der Waals surface area contributed by atoms with E-state index < -0.39 is 0 Å². The molecule has 0 bridgehead atoms. The molecule has 1 fully saturated rings. The second-order valence-corrected chi connectivity index (χ2v) is 6.85. The first kappa shape index (κ1) is 16.7. The molecule has 0 radical (unpaired) electrons. The summed E-state index contributed by atoms with van der Waals surface area (Å²) in [6, 6.07) is 10.2. The lowest BCUT2D eigenvalue weighted by molar-refractivity contribution is -0.131. The molecule has 0 aliphatic carbocycles. The monoisotopic (exact) mass is 326 g/mol. The van der Waals surface area contributed by atoms with Crippen molar-refractivity contribution >= 4 is 5.91 Å². The van der Waals surface area contributed by atoms with Gasteiger partial charge in [0.15, 0.2) is 0 Å². The highest BCUT2D eigenvalue weighted by atomic mass is 16.2. The fourth-order valence-electron chi connectivity index (χ4n) is 3.88. The van der Waals surface area contributed by atoms with Crippen molar-refractivity contribution in [1.29, 1.82) is 0 Å². The van der Waals surface area contributed by atoms with Crippen molar-refractivity contribution < 1.29 is 4.79 Å². The van der Waals surface area contributed by atoms with E-state index in [0.717, 1.165) is 17.0 Å². The molecule has 0 saturated carbocycles. The van der Waals surface area contributed by atoms with Crippen molar-refractivity contribution in [1.82, 2.24) is 14.7 Å². The first-order valence-electron chi connectivity index (χ1n) is 8.49. The summed E-state index contributed by atoms with van der Waals surface area (Å²) in [5.41, 5.74) is 10.6. The summed E-state index contributed by atoms with van der Waals surface area (Å²) in [6.45, 7) is 7.25. The van der Waals surface area contributed by atoms with E-state index in [4.69, 9.17) is 5.73 Å². The molecule has 1 aromatic carbocycles. The number of nitrogens with zero attached hydrogens (tertiary/aromatic N) is 3. The van der Waals surface area contributed by atoms with Gasteiger partial charge in [0.05, 0.1) is 11.6 Å². The maximum atomic E-state index is 13.0. The van der Waals surface area contributed by atoms with Crippen LogP contribution in [0.5, 0.6) is 0 Å². The van der Waals surface area contributed by atoms with Crippen LogP contribution in [-0.4, -0.2) is 39.7 Å². The molecule has 1 saturated heterocycles. The van der Waals surface area contributed by atoms with E-state index in [0.29, 0.717) is 13.1 Å². The Hall–Kier alpha value is -2.14. The second-order valence-electron chi connectivity index (χ2n) is 6.85. The molecule has 2 aromatic rings. The van der Waals surface area contributed by atoms with Gasteiger partial charge in [0.25, 0.3) is 0 Å². The Labute approximate surface area is 143 Å².